The molecule has 1 atom stereocenters. The van der Waals surface area contributed by atoms with Crippen LogP contribution in [0.25, 0.3) is 0 Å². The van der Waals surface area contributed by atoms with E-state index in [1.807, 2.05) is 0 Å². The molecule has 2 amide bonds. The normalized spacial score (nSPS) is 18.3. The van der Waals surface area contributed by atoms with E-state index in [0.717, 1.165) is 18.4 Å². The molecule has 1 aromatic rings. The standard InChI is InChI=1S/C18H25FN2O3/c1-18(2,12-22)20-17(24)14-4-3-9-21(11-14)16(23)10-13-5-7-15(19)8-6-13/h5-8,14,22H,3-4,9-12H2,1-2H3,(H,20,24). The number of hydrogen-bond donors (Lipinski definition) is 2. The molecule has 1 saturated heterocycles. The minimum atomic E-state index is -0.669. The quantitative estimate of drug-likeness (QED) is 0.856. The third-order valence-corrected chi connectivity index (χ3v) is 4.27. The Morgan fingerprint density at radius 3 is 2.62 bits per heavy atom. The van der Waals surface area contributed by atoms with Gasteiger partial charge in [-0.2, -0.15) is 0 Å². The average Bonchev–Trinajstić information content (AvgIpc) is 2.56. The van der Waals surface area contributed by atoms with Gasteiger partial charge in [-0.05, 0) is 44.4 Å². The van der Waals surface area contributed by atoms with Gasteiger partial charge in [0.05, 0.1) is 24.5 Å². The molecule has 1 aromatic carbocycles. The minimum Gasteiger partial charge on any atom is -0.394 e. The molecule has 0 radical (unpaired) electrons. The fraction of sp³-hybridized carbons (Fsp3) is 0.556. The summed E-state index contributed by atoms with van der Waals surface area (Å²) in [5, 5.41) is 12.1. The van der Waals surface area contributed by atoms with Crippen molar-refractivity contribution in [3.05, 3.63) is 35.6 Å². The van der Waals surface area contributed by atoms with Crippen molar-refractivity contribution < 1.29 is 19.1 Å². The molecule has 0 spiro atoms. The molecule has 5 nitrogen and oxygen atoms in total. The molecule has 1 heterocycles. The van der Waals surface area contributed by atoms with E-state index in [-0.39, 0.29) is 36.6 Å². The van der Waals surface area contributed by atoms with Crippen molar-refractivity contribution in [3.63, 3.8) is 0 Å². The smallest absolute Gasteiger partial charge is 0.227 e. The Hall–Kier alpha value is -1.95. The van der Waals surface area contributed by atoms with Crippen LogP contribution in [0.15, 0.2) is 24.3 Å². The highest BCUT2D eigenvalue weighted by atomic mass is 19.1. The Balaban J connectivity index is 1.93. The zero-order chi connectivity index (χ0) is 17.7. The Bertz CT molecular complexity index is 586. The van der Waals surface area contributed by atoms with Crippen LogP contribution in [0.2, 0.25) is 0 Å². The van der Waals surface area contributed by atoms with Gasteiger partial charge in [-0.15, -0.1) is 0 Å². The van der Waals surface area contributed by atoms with Crippen LogP contribution in [0.4, 0.5) is 4.39 Å². The largest absolute Gasteiger partial charge is 0.394 e. The number of aliphatic hydroxyl groups excluding tert-OH is 1. The second kappa shape index (κ2) is 7.75. The maximum atomic E-state index is 12.9. The molecule has 132 valence electrons. The number of nitrogens with zero attached hydrogens (tertiary/aromatic N) is 1. The number of hydrogen-bond acceptors (Lipinski definition) is 3. The first-order valence-corrected chi connectivity index (χ1v) is 8.26. The molecule has 24 heavy (non-hydrogen) atoms. The number of likely N-dealkylation sites (tertiary alicyclic amines) is 1. The van der Waals surface area contributed by atoms with E-state index in [1.165, 1.54) is 12.1 Å². The van der Waals surface area contributed by atoms with Gasteiger partial charge < -0.3 is 15.3 Å². The monoisotopic (exact) mass is 336 g/mol. The highest BCUT2D eigenvalue weighted by molar-refractivity contribution is 5.82. The summed E-state index contributed by atoms with van der Waals surface area (Å²) in [5.41, 5.74) is 0.0895. The van der Waals surface area contributed by atoms with Crippen molar-refractivity contribution in [2.45, 2.75) is 38.6 Å². The number of nitrogens with one attached hydrogen (secondary N) is 1. The molecular weight excluding hydrogens is 311 g/mol. The molecule has 1 unspecified atom stereocenters. The number of amides is 2. The van der Waals surface area contributed by atoms with E-state index >= 15 is 0 Å². The Labute approximate surface area is 141 Å². The molecular formula is C18H25FN2O3. The number of halogens is 1. The zero-order valence-electron chi connectivity index (χ0n) is 14.2. The van der Waals surface area contributed by atoms with E-state index < -0.39 is 5.54 Å². The van der Waals surface area contributed by atoms with Crippen LogP contribution < -0.4 is 5.32 Å². The summed E-state index contributed by atoms with van der Waals surface area (Å²) < 4.78 is 12.9. The first-order chi connectivity index (χ1) is 11.3. The highest BCUT2D eigenvalue weighted by Crippen LogP contribution is 2.19. The molecule has 6 heteroatoms. The predicted octanol–water partition coefficient (Wildman–Crippen LogP) is 1.49. The van der Waals surface area contributed by atoms with Gasteiger partial charge in [0.15, 0.2) is 0 Å². The van der Waals surface area contributed by atoms with Gasteiger partial charge in [0.2, 0.25) is 11.8 Å². The summed E-state index contributed by atoms with van der Waals surface area (Å²) in [5.74, 6) is -0.775. The first-order valence-electron chi connectivity index (χ1n) is 8.26. The lowest BCUT2D eigenvalue weighted by atomic mass is 9.95. The molecule has 2 rings (SSSR count). The summed E-state index contributed by atoms with van der Waals surface area (Å²) in [6, 6.07) is 5.88. The predicted molar refractivity (Wildman–Crippen MR) is 88.7 cm³/mol. The number of piperidine rings is 1. The highest BCUT2D eigenvalue weighted by Gasteiger charge is 2.31. The Kier molecular flexibility index (Phi) is 5.94. The molecule has 1 aliphatic heterocycles. The first kappa shape index (κ1) is 18.4. The second-order valence-electron chi connectivity index (χ2n) is 7.01. The number of benzene rings is 1. The summed E-state index contributed by atoms with van der Waals surface area (Å²) in [4.78, 5) is 26.5. The number of carbonyl (C=O) groups excluding carboxylic acids is 2. The van der Waals surface area contributed by atoms with Crippen molar-refractivity contribution in [3.8, 4) is 0 Å². The lowest BCUT2D eigenvalue weighted by Crippen LogP contribution is -2.52. The average molecular weight is 336 g/mol. The van der Waals surface area contributed by atoms with Gasteiger partial charge in [-0.3, -0.25) is 9.59 Å². The van der Waals surface area contributed by atoms with Crippen molar-refractivity contribution >= 4 is 11.8 Å². The third kappa shape index (κ3) is 5.03. The fourth-order valence-corrected chi connectivity index (χ4v) is 2.78. The van der Waals surface area contributed by atoms with Gasteiger partial charge in [0, 0.05) is 13.1 Å². The molecule has 1 fully saturated rings. The van der Waals surface area contributed by atoms with E-state index in [0.29, 0.717) is 13.1 Å². The Morgan fingerprint density at radius 1 is 1.33 bits per heavy atom. The maximum Gasteiger partial charge on any atom is 0.227 e. The second-order valence-corrected chi connectivity index (χ2v) is 7.01. The molecule has 2 N–H and O–H groups in total. The van der Waals surface area contributed by atoms with Crippen LogP contribution in [0.1, 0.15) is 32.3 Å². The van der Waals surface area contributed by atoms with Crippen LogP contribution in [0.3, 0.4) is 0 Å². The number of rotatable bonds is 5. The van der Waals surface area contributed by atoms with E-state index in [4.69, 9.17) is 0 Å². The summed E-state index contributed by atoms with van der Waals surface area (Å²) in [7, 11) is 0. The van der Waals surface area contributed by atoms with Crippen molar-refractivity contribution in [2.75, 3.05) is 19.7 Å². The topological polar surface area (TPSA) is 69.6 Å². The van der Waals surface area contributed by atoms with E-state index in [1.54, 1.807) is 30.9 Å². The summed E-state index contributed by atoms with van der Waals surface area (Å²) >= 11 is 0. The molecule has 1 aliphatic rings. The molecule has 0 bridgehead atoms. The molecule has 0 saturated carbocycles. The van der Waals surface area contributed by atoms with Crippen LogP contribution in [0.5, 0.6) is 0 Å². The lowest BCUT2D eigenvalue weighted by Gasteiger charge is -2.34. The number of carbonyl (C=O) groups is 2. The van der Waals surface area contributed by atoms with Gasteiger partial charge in [0.1, 0.15) is 5.82 Å². The third-order valence-electron chi connectivity index (χ3n) is 4.27. The van der Waals surface area contributed by atoms with Crippen molar-refractivity contribution in [1.82, 2.24) is 10.2 Å². The lowest BCUT2D eigenvalue weighted by molar-refractivity contribution is -0.135. The molecule has 0 aromatic heterocycles. The van der Waals surface area contributed by atoms with Gasteiger partial charge in [-0.25, -0.2) is 4.39 Å². The van der Waals surface area contributed by atoms with Crippen LogP contribution in [-0.2, 0) is 16.0 Å². The van der Waals surface area contributed by atoms with Crippen molar-refractivity contribution in [1.29, 1.82) is 0 Å². The van der Waals surface area contributed by atoms with Gasteiger partial charge >= 0.3 is 0 Å². The van der Waals surface area contributed by atoms with Crippen LogP contribution >= 0.6 is 0 Å². The van der Waals surface area contributed by atoms with E-state index in [2.05, 4.69) is 5.32 Å². The Morgan fingerprint density at radius 2 is 2.00 bits per heavy atom. The fourth-order valence-electron chi connectivity index (χ4n) is 2.78. The zero-order valence-corrected chi connectivity index (χ0v) is 14.2. The number of aliphatic hydroxyl groups is 1. The van der Waals surface area contributed by atoms with E-state index in [9.17, 15) is 19.1 Å². The summed E-state index contributed by atoms with van der Waals surface area (Å²) in [6.07, 6.45) is 1.71. The van der Waals surface area contributed by atoms with Crippen LogP contribution in [0, 0.1) is 11.7 Å². The maximum absolute atomic E-state index is 12.9. The summed E-state index contributed by atoms with van der Waals surface area (Å²) in [6.45, 7) is 4.38. The SMILES string of the molecule is CC(C)(CO)NC(=O)C1CCCN(C(=O)Cc2ccc(F)cc2)C1. The van der Waals surface area contributed by atoms with Gasteiger partial charge in [-0.1, -0.05) is 12.1 Å². The molecule has 0 aliphatic carbocycles. The minimum absolute atomic E-state index is 0.0551. The van der Waals surface area contributed by atoms with Gasteiger partial charge in [0.25, 0.3) is 0 Å². The van der Waals surface area contributed by atoms with Crippen molar-refractivity contribution in [2.24, 2.45) is 5.92 Å². The van der Waals surface area contributed by atoms with Crippen LogP contribution in [-0.4, -0.2) is 47.1 Å².